The van der Waals surface area contributed by atoms with Crippen LogP contribution in [0.1, 0.15) is 43.5 Å². The maximum atomic E-state index is 12.8. The average Bonchev–Trinajstić information content (AvgIpc) is 3.13. The largest absolute Gasteiger partial charge is 0.480 e. The Labute approximate surface area is 163 Å². The molecule has 1 aliphatic rings. The van der Waals surface area contributed by atoms with Gasteiger partial charge in [0.15, 0.2) is 0 Å². The van der Waals surface area contributed by atoms with Gasteiger partial charge >= 0.3 is 5.97 Å². The molecule has 0 radical (unpaired) electrons. The predicted molar refractivity (Wildman–Crippen MR) is 106 cm³/mol. The number of nitrogens with one attached hydrogen (secondary N) is 2. The van der Waals surface area contributed by atoms with E-state index in [2.05, 4.69) is 10.6 Å². The fourth-order valence-corrected chi connectivity index (χ4v) is 3.84. The molecule has 3 atom stereocenters. The second-order valence-electron chi connectivity index (χ2n) is 7.02. The molecule has 0 bridgehead atoms. The molecule has 146 valence electrons. The molecule has 27 heavy (non-hydrogen) atoms. The van der Waals surface area contributed by atoms with E-state index in [0.717, 1.165) is 6.42 Å². The number of aliphatic carboxylic acids is 1. The summed E-state index contributed by atoms with van der Waals surface area (Å²) in [5.74, 6) is -1.75. The minimum absolute atomic E-state index is 0.123. The molecule has 0 aromatic heterocycles. The van der Waals surface area contributed by atoms with Gasteiger partial charge < -0.3 is 15.7 Å². The molecular formula is C20H26N2O4S. The molecule has 1 aromatic carbocycles. The maximum Gasteiger partial charge on any atom is 0.326 e. The van der Waals surface area contributed by atoms with E-state index in [0.29, 0.717) is 18.4 Å². The van der Waals surface area contributed by atoms with E-state index in [-0.39, 0.29) is 17.1 Å². The van der Waals surface area contributed by atoms with Gasteiger partial charge in [-0.15, -0.1) is 11.8 Å². The smallest absolute Gasteiger partial charge is 0.326 e. The Morgan fingerprint density at radius 3 is 2.41 bits per heavy atom. The number of carboxylic acid groups (broad SMARTS) is 1. The monoisotopic (exact) mass is 390 g/mol. The van der Waals surface area contributed by atoms with Crippen LogP contribution in [0.5, 0.6) is 0 Å². The summed E-state index contributed by atoms with van der Waals surface area (Å²) in [7, 11) is 0. The average molecular weight is 391 g/mol. The zero-order valence-corrected chi connectivity index (χ0v) is 16.4. The number of amides is 2. The molecule has 2 rings (SSSR count). The van der Waals surface area contributed by atoms with Crippen molar-refractivity contribution in [1.82, 2.24) is 10.6 Å². The maximum absolute atomic E-state index is 12.8. The number of carboxylic acids is 1. The standard InChI is InChI=1S/C20H26N2O4S/c1-13(2)11-17(20(25)26)22-19(24)16(12-15-9-6-10-27-15)21-18(23)14-7-4-3-5-8-14/h3-8,10,13,15-17H,9,11-12H2,1-2H3,(H,21,23)(H,22,24)(H,25,26)/t15?,16-,17-/m0/s1. The summed E-state index contributed by atoms with van der Waals surface area (Å²) in [6.45, 7) is 3.80. The summed E-state index contributed by atoms with van der Waals surface area (Å²) in [6, 6.07) is 6.91. The molecule has 0 fully saturated rings. The van der Waals surface area contributed by atoms with Gasteiger partial charge in [-0.1, -0.05) is 38.1 Å². The highest BCUT2D eigenvalue weighted by molar-refractivity contribution is 8.03. The van der Waals surface area contributed by atoms with Crippen LogP contribution < -0.4 is 10.6 Å². The highest BCUT2D eigenvalue weighted by Gasteiger charge is 2.29. The van der Waals surface area contributed by atoms with E-state index >= 15 is 0 Å². The van der Waals surface area contributed by atoms with E-state index in [1.165, 1.54) is 0 Å². The molecule has 2 amide bonds. The highest BCUT2D eigenvalue weighted by Crippen LogP contribution is 2.28. The van der Waals surface area contributed by atoms with Crippen LogP contribution in [-0.4, -0.2) is 40.2 Å². The summed E-state index contributed by atoms with van der Waals surface area (Å²) < 4.78 is 0. The normalized spacial score (nSPS) is 18.1. The van der Waals surface area contributed by atoms with E-state index in [9.17, 15) is 19.5 Å². The van der Waals surface area contributed by atoms with Gasteiger partial charge in [0, 0.05) is 10.8 Å². The van der Waals surface area contributed by atoms with Crippen molar-refractivity contribution >= 4 is 29.5 Å². The molecule has 1 aliphatic heterocycles. The molecule has 1 aromatic rings. The fraction of sp³-hybridized carbons (Fsp3) is 0.450. The lowest BCUT2D eigenvalue weighted by atomic mass is 10.0. The topological polar surface area (TPSA) is 95.5 Å². The minimum Gasteiger partial charge on any atom is -0.480 e. The lowest BCUT2D eigenvalue weighted by Gasteiger charge is -2.24. The van der Waals surface area contributed by atoms with Crippen molar-refractivity contribution in [2.24, 2.45) is 5.92 Å². The number of carbonyl (C=O) groups excluding carboxylic acids is 2. The quantitative estimate of drug-likeness (QED) is 0.603. The van der Waals surface area contributed by atoms with Gasteiger partial charge in [0.05, 0.1) is 0 Å². The number of hydrogen-bond acceptors (Lipinski definition) is 4. The Kier molecular flexibility index (Phi) is 7.91. The van der Waals surface area contributed by atoms with Crippen LogP contribution in [0.15, 0.2) is 41.8 Å². The first-order valence-corrected chi connectivity index (χ1v) is 10.0. The summed E-state index contributed by atoms with van der Waals surface area (Å²) in [6.07, 6.45) is 3.63. The minimum atomic E-state index is -1.07. The first-order chi connectivity index (χ1) is 12.9. The number of hydrogen-bond donors (Lipinski definition) is 3. The Morgan fingerprint density at radius 1 is 1.15 bits per heavy atom. The molecule has 3 N–H and O–H groups in total. The third-order valence-corrected chi connectivity index (χ3v) is 5.36. The summed E-state index contributed by atoms with van der Waals surface area (Å²) in [4.78, 5) is 36.7. The lowest BCUT2D eigenvalue weighted by molar-refractivity contribution is -0.142. The molecule has 0 aliphatic carbocycles. The Hall–Kier alpha value is -2.28. The van der Waals surface area contributed by atoms with Gasteiger partial charge in [0.1, 0.15) is 12.1 Å². The molecule has 0 saturated carbocycles. The van der Waals surface area contributed by atoms with Crippen LogP contribution in [0.3, 0.4) is 0 Å². The molecule has 0 saturated heterocycles. The van der Waals surface area contributed by atoms with Gasteiger partial charge in [-0.25, -0.2) is 4.79 Å². The number of benzene rings is 1. The van der Waals surface area contributed by atoms with Crippen molar-refractivity contribution < 1.29 is 19.5 Å². The predicted octanol–water partition coefficient (Wildman–Crippen LogP) is 2.81. The van der Waals surface area contributed by atoms with Crippen LogP contribution in [0.4, 0.5) is 0 Å². The van der Waals surface area contributed by atoms with Gasteiger partial charge in [-0.3, -0.25) is 9.59 Å². The fourth-order valence-electron chi connectivity index (χ4n) is 2.87. The van der Waals surface area contributed by atoms with Crippen LogP contribution >= 0.6 is 11.8 Å². The van der Waals surface area contributed by atoms with Crippen molar-refractivity contribution in [3.05, 3.63) is 47.4 Å². The summed E-state index contributed by atoms with van der Waals surface area (Å²) in [5.41, 5.74) is 0.462. The van der Waals surface area contributed by atoms with Crippen LogP contribution in [-0.2, 0) is 9.59 Å². The lowest BCUT2D eigenvalue weighted by Crippen LogP contribution is -2.52. The van der Waals surface area contributed by atoms with Gasteiger partial charge in [0.25, 0.3) is 5.91 Å². The first kappa shape index (κ1) is 21.0. The SMILES string of the molecule is CC(C)C[C@H](NC(=O)[C@H](CC1CC=CS1)NC(=O)c1ccccc1)C(=O)O. The van der Waals surface area contributed by atoms with Crippen molar-refractivity contribution in [3.63, 3.8) is 0 Å². The number of rotatable bonds is 9. The molecule has 0 spiro atoms. The van der Waals surface area contributed by atoms with E-state index < -0.39 is 24.0 Å². The Bertz CT molecular complexity index is 682. The number of allylic oxidation sites excluding steroid dienone is 1. The van der Waals surface area contributed by atoms with Gasteiger partial charge in [-0.2, -0.15) is 0 Å². The first-order valence-electron chi connectivity index (χ1n) is 9.06. The molecule has 1 heterocycles. The highest BCUT2D eigenvalue weighted by atomic mass is 32.2. The molecule has 7 heteroatoms. The van der Waals surface area contributed by atoms with Crippen LogP contribution in [0.25, 0.3) is 0 Å². The number of thioether (sulfide) groups is 1. The zero-order valence-electron chi connectivity index (χ0n) is 15.6. The Balaban J connectivity index is 2.09. The third kappa shape index (κ3) is 6.75. The molecule has 6 nitrogen and oxygen atoms in total. The Morgan fingerprint density at radius 2 is 1.85 bits per heavy atom. The third-order valence-electron chi connectivity index (χ3n) is 4.24. The molecule has 1 unspecified atom stereocenters. The van der Waals surface area contributed by atoms with Crippen LogP contribution in [0, 0.1) is 5.92 Å². The van der Waals surface area contributed by atoms with Crippen molar-refractivity contribution in [2.45, 2.75) is 50.4 Å². The van der Waals surface area contributed by atoms with Gasteiger partial charge in [0.2, 0.25) is 5.91 Å². The van der Waals surface area contributed by atoms with E-state index in [1.807, 2.05) is 31.4 Å². The zero-order chi connectivity index (χ0) is 19.8. The van der Waals surface area contributed by atoms with Crippen molar-refractivity contribution in [1.29, 1.82) is 0 Å². The summed E-state index contributed by atoms with van der Waals surface area (Å²) in [5, 5.41) is 16.9. The summed E-state index contributed by atoms with van der Waals surface area (Å²) >= 11 is 1.62. The van der Waals surface area contributed by atoms with Crippen molar-refractivity contribution in [2.75, 3.05) is 0 Å². The van der Waals surface area contributed by atoms with Crippen LogP contribution in [0.2, 0.25) is 0 Å². The van der Waals surface area contributed by atoms with E-state index in [1.54, 1.807) is 36.0 Å². The second-order valence-corrected chi connectivity index (χ2v) is 8.23. The van der Waals surface area contributed by atoms with Crippen molar-refractivity contribution in [3.8, 4) is 0 Å². The van der Waals surface area contributed by atoms with E-state index in [4.69, 9.17) is 0 Å². The van der Waals surface area contributed by atoms with Gasteiger partial charge in [-0.05, 0) is 42.7 Å². The second kappa shape index (κ2) is 10.2. The number of carbonyl (C=O) groups is 3. The molecular weight excluding hydrogens is 364 g/mol.